The highest BCUT2D eigenvalue weighted by molar-refractivity contribution is 5.78. The molecule has 1 amide bonds. The quantitative estimate of drug-likeness (QED) is 0.781. The molecule has 138 valence electrons. The third kappa shape index (κ3) is 5.17. The Kier molecular flexibility index (Phi) is 6.29. The number of carbonyl (C=O) groups is 1. The number of morpholine rings is 1. The maximum absolute atomic E-state index is 12.7. The van der Waals surface area contributed by atoms with Crippen molar-refractivity contribution in [1.82, 2.24) is 14.7 Å². The second-order valence-corrected chi connectivity index (χ2v) is 7.19. The zero-order valence-corrected chi connectivity index (χ0v) is 15.4. The largest absolute Gasteiger partial charge is 0.374 e. The van der Waals surface area contributed by atoms with Crippen molar-refractivity contribution in [3.05, 3.63) is 30.3 Å². The minimum absolute atomic E-state index is 0.200. The van der Waals surface area contributed by atoms with E-state index in [9.17, 15) is 4.79 Å². The van der Waals surface area contributed by atoms with Gasteiger partial charge in [0.15, 0.2) is 0 Å². The lowest BCUT2D eigenvalue weighted by Crippen LogP contribution is -2.54. The van der Waals surface area contributed by atoms with Crippen LogP contribution < -0.4 is 4.90 Å². The molecule has 2 aliphatic rings. The normalized spacial score (nSPS) is 22.4. The average molecular weight is 346 g/mol. The highest BCUT2D eigenvalue weighted by atomic mass is 16.5. The topological polar surface area (TPSA) is 39.3 Å². The van der Waals surface area contributed by atoms with E-state index >= 15 is 0 Å². The van der Waals surface area contributed by atoms with Crippen LogP contribution in [0.2, 0.25) is 0 Å². The number of benzene rings is 1. The molecule has 3 rings (SSSR count). The number of nitrogens with zero attached hydrogens (tertiary/aromatic N) is 4. The molecular formula is C19H30N4O2. The number of ether oxygens (including phenoxy) is 1. The zero-order valence-electron chi connectivity index (χ0n) is 15.4. The van der Waals surface area contributed by atoms with Gasteiger partial charge >= 0.3 is 0 Å². The fraction of sp³-hybridized carbons (Fsp3) is 0.632. The van der Waals surface area contributed by atoms with E-state index in [0.717, 1.165) is 45.8 Å². The molecule has 0 bridgehead atoms. The highest BCUT2D eigenvalue weighted by Gasteiger charge is 2.26. The molecule has 2 aliphatic heterocycles. The smallest absolute Gasteiger partial charge is 0.236 e. The van der Waals surface area contributed by atoms with Gasteiger partial charge in [-0.1, -0.05) is 18.2 Å². The maximum Gasteiger partial charge on any atom is 0.236 e. The van der Waals surface area contributed by atoms with Crippen molar-refractivity contribution in [2.24, 2.45) is 0 Å². The summed E-state index contributed by atoms with van der Waals surface area (Å²) in [6.07, 6.45) is 0.200. The molecule has 0 spiro atoms. The predicted molar refractivity (Wildman–Crippen MR) is 100.0 cm³/mol. The molecule has 0 saturated carbocycles. The van der Waals surface area contributed by atoms with E-state index in [1.165, 1.54) is 5.69 Å². The molecule has 0 aliphatic carbocycles. The van der Waals surface area contributed by atoms with E-state index in [0.29, 0.717) is 13.2 Å². The summed E-state index contributed by atoms with van der Waals surface area (Å²) < 4.78 is 5.79. The summed E-state index contributed by atoms with van der Waals surface area (Å²) >= 11 is 0. The minimum Gasteiger partial charge on any atom is -0.374 e. The molecular weight excluding hydrogens is 316 g/mol. The average Bonchev–Trinajstić information content (AvgIpc) is 2.62. The van der Waals surface area contributed by atoms with Crippen molar-refractivity contribution in [3.8, 4) is 0 Å². The second kappa shape index (κ2) is 8.65. The van der Waals surface area contributed by atoms with Crippen LogP contribution in [0.15, 0.2) is 30.3 Å². The van der Waals surface area contributed by atoms with Crippen LogP contribution in [-0.4, -0.2) is 99.8 Å². The summed E-state index contributed by atoms with van der Waals surface area (Å²) in [4.78, 5) is 21.4. The molecule has 25 heavy (non-hydrogen) atoms. The first-order valence-corrected chi connectivity index (χ1v) is 9.18. The number of anilines is 1. The van der Waals surface area contributed by atoms with Gasteiger partial charge in [0.05, 0.1) is 19.3 Å². The third-order valence-electron chi connectivity index (χ3n) is 4.90. The van der Waals surface area contributed by atoms with Crippen LogP contribution in [0.1, 0.15) is 0 Å². The number of amides is 1. The number of hydrogen-bond donors (Lipinski definition) is 0. The van der Waals surface area contributed by atoms with Crippen molar-refractivity contribution in [1.29, 1.82) is 0 Å². The lowest BCUT2D eigenvalue weighted by molar-refractivity contribution is -0.134. The number of para-hydroxylation sites is 1. The highest BCUT2D eigenvalue weighted by Crippen LogP contribution is 2.16. The summed E-state index contributed by atoms with van der Waals surface area (Å²) in [5.74, 6) is 0.248. The molecule has 2 fully saturated rings. The SMILES string of the molecule is CN(C)CC1CN(CC(=O)N2CCN(c3ccccc3)CC2)CCO1. The van der Waals surface area contributed by atoms with Crippen molar-refractivity contribution in [3.63, 3.8) is 0 Å². The monoisotopic (exact) mass is 346 g/mol. The van der Waals surface area contributed by atoms with E-state index in [2.05, 4.69) is 53.1 Å². The van der Waals surface area contributed by atoms with Crippen LogP contribution in [0.3, 0.4) is 0 Å². The maximum atomic E-state index is 12.7. The van der Waals surface area contributed by atoms with E-state index in [1.807, 2.05) is 11.0 Å². The van der Waals surface area contributed by atoms with Crippen LogP contribution >= 0.6 is 0 Å². The Balaban J connectivity index is 1.45. The van der Waals surface area contributed by atoms with Gasteiger partial charge < -0.3 is 19.4 Å². The zero-order chi connectivity index (χ0) is 17.6. The third-order valence-corrected chi connectivity index (χ3v) is 4.90. The van der Waals surface area contributed by atoms with Gasteiger partial charge in [0.2, 0.25) is 5.91 Å². The first-order valence-electron chi connectivity index (χ1n) is 9.18. The molecule has 6 nitrogen and oxygen atoms in total. The van der Waals surface area contributed by atoms with Gasteiger partial charge in [-0.15, -0.1) is 0 Å². The van der Waals surface area contributed by atoms with E-state index in [4.69, 9.17) is 4.74 Å². The van der Waals surface area contributed by atoms with E-state index in [1.54, 1.807) is 0 Å². The Labute approximate surface area is 150 Å². The summed E-state index contributed by atoms with van der Waals surface area (Å²) in [7, 11) is 4.11. The van der Waals surface area contributed by atoms with Gasteiger partial charge in [0, 0.05) is 51.5 Å². The Bertz CT molecular complexity index is 544. The minimum atomic E-state index is 0.200. The summed E-state index contributed by atoms with van der Waals surface area (Å²) in [5.41, 5.74) is 1.24. The van der Waals surface area contributed by atoms with E-state index < -0.39 is 0 Å². The van der Waals surface area contributed by atoms with Gasteiger partial charge in [-0.25, -0.2) is 0 Å². The van der Waals surface area contributed by atoms with Gasteiger partial charge in [0.25, 0.3) is 0 Å². The Morgan fingerprint density at radius 2 is 1.84 bits per heavy atom. The number of likely N-dealkylation sites (N-methyl/N-ethyl adjacent to an activating group) is 1. The summed E-state index contributed by atoms with van der Waals surface area (Å²) in [6.45, 7) is 7.24. The molecule has 0 N–H and O–H groups in total. The van der Waals surface area contributed by atoms with Crippen LogP contribution in [0.5, 0.6) is 0 Å². The van der Waals surface area contributed by atoms with Gasteiger partial charge in [-0.2, -0.15) is 0 Å². The van der Waals surface area contributed by atoms with Crippen LogP contribution in [0, 0.1) is 0 Å². The first-order chi connectivity index (χ1) is 12.1. The van der Waals surface area contributed by atoms with Crippen LogP contribution in [0.4, 0.5) is 5.69 Å². The van der Waals surface area contributed by atoms with Gasteiger partial charge in [-0.3, -0.25) is 9.69 Å². The lowest BCUT2D eigenvalue weighted by Gasteiger charge is -2.38. The van der Waals surface area contributed by atoms with Crippen molar-refractivity contribution in [2.75, 3.05) is 78.0 Å². The number of piperazine rings is 1. The molecule has 1 atom stereocenters. The number of hydrogen-bond acceptors (Lipinski definition) is 5. The van der Waals surface area contributed by atoms with Crippen LogP contribution in [0.25, 0.3) is 0 Å². The van der Waals surface area contributed by atoms with Gasteiger partial charge in [-0.05, 0) is 26.2 Å². The standard InChI is InChI=1S/C19H30N4O2/c1-20(2)14-18-15-21(12-13-25-18)16-19(24)23-10-8-22(9-11-23)17-6-4-3-5-7-17/h3-7,18H,8-16H2,1-2H3. The van der Waals surface area contributed by atoms with Crippen molar-refractivity contribution >= 4 is 11.6 Å². The molecule has 2 saturated heterocycles. The fourth-order valence-electron chi connectivity index (χ4n) is 3.59. The summed E-state index contributed by atoms with van der Waals surface area (Å²) in [6, 6.07) is 10.4. The fourth-order valence-corrected chi connectivity index (χ4v) is 3.59. The molecule has 2 heterocycles. The Hall–Kier alpha value is -1.63. The Morgan fingerprint density at radius 3 is 2.52 bits per heavy atom. The predicted octanol–water partition coefficient (Wildman–Crippen LogP) is 0.598. The first kappa shape index (κ1) is 18.2. The number of carbonyl (C=O) groups excluding carboxylic acids is 1. The molecule has 1 aromatic rings. The lowest BCUT2D eigenvalue weighted by atomic mass is 10.2. The molecule has 0 aromatic heterocycles. The Morgan fingerprint density at radius 1 is 1.12 bits per heavy atom. The number of rotatable bonds is 5. The molecule has 0 radical (unpaired) electrons. The van der Waals surface area contributed by atoms with Crippen LogP contribution in [-0.2, 0) is 9.53 Å². The summed E-state index contributed by atoms with van der Waals surface area (Å²) in [5, 5.41) is 0. The van der Waals surface area contributed by atoms with Crippen molar-refractivity contribution in [2.45, 2.75) is 6.10 Å². The van der Waals surface area contributed by atoms with Crippen molar-refractivity contribution < 1.29 is 9.53 Å². The van der Waals surface area contributed by atoms with E-state index in [-0.39, 0.29) is 12.0 Å². The molecule has 1 unspecified atom stereocenters. The van der Waals surface area contributed by atoms with Gasteiger partial charge in [0.1, 0.15) is 0 Å². The molecule has 6 heteroatoms. The second-order valence-electron chi connectivity index (χ2n) is 7.19. The molecule has 1 aromatic carbocycles.